The standard InChI is InChI=1S/C14H7Cl2IN2O/c15-9-2-3-12(17)10(6-9)14(20)19-13-4-1-8(7-18)5-11(13)16/h1-6H,(H,19,20). The summed E-state index contributed by atoms with van der Waals surface area (Å²) in [5, 5.41) is 12.3. The van der Waals surface area contributed by atoms with Crippen molar-refractivity contribution in [2.45, 2.75) is 0 Å². The van der Waals surface area contributed by atoms with E-state index in [2.05, 4.69) is 27.9 Å². The van der Waals surface area contributed by atoms with Crippen LogP contribution < -0.4 is 5.32 Å². The van der Waals surface area contributed by atoms with Gasteiger partial charge in [0.1, 0.15) is 0 Å². The van der Waals surface area contributed by atoms with Crippen LogP contribution in [0.4, 0.5) is 5.69 Å². The predicted molar refractivity (Wildman–Crippen MR) is 88.3 cm³/mol. The third-order valence-electron chi connectivity index (χ3n) is 2.52. The minimum atomic E-state index is -0.302. The van der Waals surface area contributed by atoms with Crippen LogP contribution in [-0.4, -0.2) is 5.91 Å². The van der Waals surface area contributed by atoms with Crippen LogP contribution in [0.3, 0.4) is 0 Å². The zero-order valence-electron chi connectivity index (χ0n) is 9.95. The fourth-order valence-corrected chi connectivity index (χ4v) is 2.53. The number of carbonyl (C=O) groups is 1. The lowest BCUT2D eigenvalue weighted by molar-refractivity contribution is 0.102. The first-order valence-corrected chi connectivity index (χ1v) is 7.31. The molecule has 6 heteroatoms. The number of benzene rings is 2. The van der Waals surface area contributed by atoms with Crippen molar-refractivity contribution < 1.29 is 4.79 Å². The monoisotopic (exact) mass is 416 g/mol. The molecule has 0 unspecified atom stereocenters. The highest BCUT2D eigenvalue weighted by atomic mass is 127. The van der Waals surface area contributed by atoms with Crippen LogP contribution in [0.1, 0.15) is 15.9 Å². The van der Waals surface area contributed by atoms with Gasteiger partial charge < -0.3 is 5.32 Å². The van der Waals surface area contributed by atoms with Crippen LogP contribution in [0, 0.1) is 14.9 Å². The van der Waals surface area contributed by atoms with Gasteiger partial charge in [0, 0.05) is 8.59 Å². The van der Waals surface area contributed by atoms with Crippen LogP contribution in [0.5, 0.6) is 0 Å². The fraction of sp³-hybridized carbons (Fsp3) is 0. The summed E-state index contributed by atoms with van der Waals surface area (Å²) in [6.07, 6.45) is 0. The van der Waals surface area contributed by atoms with E-state index in [1.165, 1.54) is 6.07 Å². The average molecular weight is 417 g/mol. The zero-order valence-corrected chi connectivity index (χ0v) is 13.6. The van der Waals surface area contributed by atoms with Gasteiger partial charge in [-0.05, 0) is 59.0 Å². The fourth-order valence-electron chi connectivity index (χ4n) is 1.55. The summed E-state index contributed by atoms with van der Waals surface area (Å²) in [4.78, 5) is 12.2. The van der Waals surface area contributed by atoms with Crippen LogP contribution >= 0.6 is 45.8 Å². The van der Waals surface area contributed by atoms with E-state index in [9.17, 15) is 4.79 Å². The van der Waals surface area contributed by atoms with Gasteiger partial charge in [-0.25, -0.2) is 0 Å². The number of amides is 1. The first-order chi connectivity index (χ1) is 9.51. The number of rotatable bonds is 2. The minimum absolute atomic E-state index is 0.302. The first kappa shape index (κ1) is 15.1. The molecule has 0 bridgehead atoms. The number of nitriles is 1. The number of hydrogen-bond acceptors (Lipinski definition) is 2. The molecule has 2 aromatic rings. The van der Waals surface area contributed by atoms with Gasteiger partial charge in [-0.15, -0.1) is 0 Å². The quantitative estimate of drug-likeness (QED) is 0.720. The van der Waals surface area contributed by atoms with Gasteiger partial charge in [0.2, 0.25) is 0 Å². The molecule has 1 amide bonds. The molecule has 0 aliphatic carbocycles. The highest BCUT2D eigenvalue weighted by Gasteiger charge is 2.12. The Hall–Kier alpha value is -1.29. The van der Waals surface area contributed by atoms with Gasteiger partial charge in [-0.1, -0.05) is 23.2 Å². The predicted octanol–water partition coefficient (Wildman–Crippen LogP) is 4.72. The number of nitrogens with zero attached hydrogens (tertiary/aromatic N) is 1. The van der Waals surface area contributed by atoms with Crippen LogP contribution in [0.25, 0.3) is 0 Å². The van der Waals surface area contributed by atoms with Gasteiger partial charge in [-0.3, -0.25) is 4.79 Å². The van der Waals surface area contributed by atoms with Crippen molar-refractivity contribution in [3.05, 3.63) is 61.1 Å². The second-order valence-electron chi connectivity index (χ2n) is 3.88. The number of carbonyl (C=O) groups excluding carboxylic acids is 1. The number of hydrogen-bond donors (Lipinski definition) is 1. The molecule has 0 aliphatic heterocycles. The molecular weight excluding hydrogens is 410 g/mol. The van der Waals surface area contributed by atoms with Gasteiger partial charge in [0.25, 0.3) is 5.91 Å². The maximum atomic E-state index is 12.2. The average Bonchev–Trinajstić information content (AvgIpc) is 2.43. The minimum Gasteiger partial charge on any atom is -0.321 e. The van der Waals surface area contributed by atoms with Crippen LogP contribution in [-0.2, 0) is 0 Å². The van der Waals surface area contributed by atoms with Gasteiger partial charge >= 0.3 is 0 Å². The Labute approximate surface area is 139 Å². The van der Waals surface area contributed by atoms with E-state index in [-0.39, 0.29) is 5.91 Å². The molecule has 0 fully saturated rings. The van der Waals surface area contributed by atoms with E-state index in [0.717, 1.165) is 3.57 Å². The first-order valence-electron chi connectivity index (χ1n) is 5.47. The van der Waals surface area contributed by atoms with Gasteiger partial charge in [-0.2, -0.15) is 5.26 Å². The second-order valence-corrected chi connectivity index (χ2v) is 5.89. The zero-order chi connectivity index (χ0) is 14.7. The van der Waals surface area contributed by atoms with Crippen molar-refractivity contribution in [2.75, 3.05) is 5.32 Å². The van der Waals surface area contributed by atoms with E-state index in [1.807, 2.05) is 6.07 Å². The van der Waals surface area contributed by atoms with Crippen molar-refractivity contribution in [1.29, 1.82) is 5.26 Å². The molecule has 0 aromatic heterocycles. The number of nitrogens with one attached hydrogen (secondary N) is 1. The molecule has 100 valence electrons. The maximum absolute atomic E-state index is 12.2. The smallest absolute Gasteiger partial charge is 0.256 e. The Morgan fingerprint density at radius 2 is 1.95 bits per heavy atom. The molecule has 0 atom stereocenters. The SMILES string of the molecule is N#Cc1ccc(NC(=O)c2cc(Cl)ccc2I)c(Cl)c1. The lowest BCUT2D eigenvalue weighted by atomic mass is 10.2. The lowest BCUT2D eigenvalue weighted by Gasteiger charge is -2.09. The third-order valence-corrected chi connectivity index (χ3v) is 4.01. The highest BCUT2D eigenvalue weighted by Crippen LogP contribution is 2.25. The Balaban J connectivity index is 2.28. The maximum Gasteiger partial charge on any atom is 0.256 e. The summed E-state index contributed by atoms with van der Waals surface area (Å²) in [5.74, 6) is -0.302. The van der Waals surface area contributed by atoms with Gasteiger partial charge in [0.05, 0.1) is 27.9 Å². The van der Waals surface area contributed by atoms with Crippen molar-refractivity contribution >= 4 is 57.4 Å². The van der Waals surface area contributed by atoms with E-state index in [1.54, 1.807) is 30.3 Å². The Morgan fingerprint density at radius 3 is 2.60 bits per heavy atom. The van der Waals surface area contributed by atoms with E-state index >= 15 is 0 Å². The third kappa shape index (κ3) is 3.42. The van der Waals surface area contributed by atoms with Crippen molar-refractivity contribution in [2.24, 2.45) is 0 Å². The molecule has 0 saturated heterocycles. The lowest BCUT2D eigenvalue weighted by Crippen LogP contribution is -2.13. The van der Waals surface area contributed by atoms with Crippen LogP contribution in [0.15, 0.2) is 36.4 Å². The molecule has 2 rings (SSSR count). The molecule has 0 heterocycles. The van der Waals surface area contributed by atoms with Crippen molar-refractivity contribution in [3.63, 3.8) is 0 Å². The molecule has 0 saturated carbocycles. The van der Waals surface area contributed by atoms with E-state index in [4.69, 9.17) is 28.5 Å². The topological polar surface area (TPSA) is 52.9 Å². The summed E-state index contributed by atoms with van der Waals surface area (Å²) < 4.78 is 0.786. The largest absolute Gasteiger partial charge is 0.321 e. The molecule has 0 spiro atoms. The normalized spacial score (nSPS) is 9.90. The Morgan fingerprint density at radius 1 is 1.20 bits per heavy atom. The summed E-state index contributed by atoms with van der Waals surface area (Å²) in [6.45, 7) is 0. The van der Waals surface area contributed by atoms with Crippen molar-refractivity contribution in [3.8, 4) is 6.07 Å². The number of anilines is 1. The number of halogens is 3. The molecule has 0 radical (unpaired) electrons. The second kappa shape index (κ2) is 6.44. The van der Waals surface area contributed by atoms with Crippen LogP contribution in [0.2, 0.25) is 10.0 Å². The molecule has 20 heavy (non-hydrogen) atoms. The molecular formula is C14H7Cl2IN2O. The summed E-state index contributed by atoms with van der Waals surface area (Å²) in [6, 6.07) is 11.7. The van der Waals surface area contributed by atoms with E-state index in [0.29, 0.717) is 26.9 Å². The molecule has 3 nitrogen and oxygen atoms in total. The van der Waals surface area contributed by atoms with E-state index < -0.39 is 0 Å². The Bertz CT molecular complexity index is 726. The molecule has 1 N–H and O–H groups in total. The van der Waals surface area contributed by atoms with Gasteiger partial charge in [0.15, 0.2) is 0 Å². The Kier molecular flexibility index (Phi) is 4.86. The molecule has 0 aliphatic rings. The molecule has 2 aromatic carbocycles. The summed E-state index contributed by atoms with van der Waals surface area (Å²) >= 11 is 14.0. The summed E-state index contributed by atoms with van der Waals surface area (Å²) in [5.41, 5.74) is 1.36. The summed E-state index contributed by atoms with van der Waals surface area (Å²) in [7, 11) is 0. The van der Waals surface area contributed by atoms with Crippen molar-refractivity contribution in [1.82, 2.24) is 0 Å². The highest BCUT2D eigenvalue weighted by molar-refractivity contribution is 14.1.